The fourth-order valence-corrected chi connectivity index (χ4v) is 3.46. The van der Waals surface area contributed by atoms with Gasteiger partial charge in [0.25, 0.3) is 5.91 Å². The summed E-state index contributed by atoms with van der Waals surface area (Å²) in [5.41, 5.74) is 0.170. The number of carbonyl (C=O) groups is 3. The van der Waals surface area contributed by atoms with E-state index in [9.17, 15) is 27.6 Å². The minimum Gasteiger partial charge on any atom is -0.459 e. The largest absolute Gasteiger partial charge is 0.459 e. The van der Waals surface area contributed by atoms with Crippen LogP contribution in [0, 0.1) is 5.92 Å². The Morgan fingerprint density at radius 1 is 0.970 bits per heavy atom. The highest BCUT2D eigenvalue weighted by Gasteiger charge is 2.37. The first-order valence-electron chi connectivity index (χ1n) is 9.94. The molecule has 0 aliphatic carbocycles. The van der Waals surface area contributed by atoms with E-state index < -0.39 is 35.4 Å². The van der Waals surface area contributed by atoms with Crippen LogP contribution in [0.5, 0.6) is 0 Å². The Kier molecular flexibility index (Phi) is 5.91. The molecule has 1 aromatic heterocycles. The van der Waals surface area contributed by atoms with Crippen LogP contribution in [-0.2, 0) is 15.8 Å². The van der Waals surface area contributed by atoms with Gasteiger partial charge in [-0.05, 0) is 54.6 Å². The summed E-state index contributed by atoms with van der Waals surface area (Å²) in [6.07, 6.45) is -3.26. The van der Waals surface area contributed by atoms with Crippen molar-refractivity contribution in [2.45, 2.75) is 12.6 Å². The Hall–Kier alpha value is -4.08. The van der Waals surface area contributed by atoms with Gasteiger partial charge in [0.2, 0.25) is 11.8 Å². The second-order valence-electron chi connectivity index (χ2n) is 7.45. The molecular weight excluding hydrogens is 439 g/mol. The highest BCUT2D eigenvalue weighted by Crippen LogP contribution is 2.33. The molecule has 1 fully saturated rings. The molecule has 1 atom stereocenters. The maximum atomic E-state index is 13.0. The summed E-state index contributed by atoms with van der Waals surface area (Å²) in [6, 6.07) is 13.9. The van der Waals surface area contributed by atoms with Crippen LogP contribution >= 0.6 is 0 Å². The predicted octanol–water partition coefficient (Wildman–Crippen LogP) is 4.54. The predicted molar refractivity (Wildman–Crippen MR) is 114 cm³/mol. The molecule has 10 heteroatoms. The molecule has 2 N–H and O–H groups in total. The Morgan fingerprint density at radius 2 is 1.67 bits per heavy atom. The highest BCUT2D eigenvalue weighted by atomic mass is 19.4. The lowest BCUT2D eigenvalue weighted by Crippen LogP contribution is -2.28. The summed E-state index contributed by atoms with van der Waals surface area (Å²) >= 11 is 0. The molecule has 1 aliphatic heterocycles. The van der Waals surface area contributed by atoms with Crippen molar-refractivity contribution in [3.8, 4) is 0 Å². The fourth-order valence-electron chi connectivity index (χ4n) is 3.46. The Labute approximate surface area is 186 Å². The van der Waals surface area contributed by atoms with Gasteiger partial charge in [0.1, 0.15) is 0 Å². The molecule has 170 valence electrons. The Bertz CT molecular complexity index is 1170. The number of rotatable bonds is 5. The molecule has 1 saturated heterocycles. The van der Waals surface area contributed by atoms with Gasteiger partial charge in [-0.15, -0.1) is 0 Å². The van der Waals surface area contributed by atoms with Gasteiger partial charge in [-0.1, -0.05) is 6.07 Å². The second kappa shape index (κ2) is 8.81. The monoisotopic (exact) mass is 457 g/mol. The number of benzene rings is 2. The minimum absolute atomic E-state index is 0.0245. The second-order valence-corrected chi connectivity index (χ2v) is 7.45. The summed E-state index contributed by atoms with van der Waals surface area (Å²) in [6.45, 7) is -0.0245. The molecule has 2 aromatic carbocycles. The van der Waals surface area contributed by atoms with Crippen molar-refractivity contribution in [2.75, 3.05) is 22.1 Å². The molecule has 3 aromatic rings. The normalized spacial score (nSPS) is 16.0. The summed E-state index contributed by atoms with van der Waals surface area (Å²) in [4.78, 5) is 38.2. The molecule has 4 rings (SSSR count). The Morgan fingerprint density at radius 3 is 2.30 bits per heavy atom. The van der Waals surface area contributed by atoms with Gasteiger partial charge in [-0.3, -0.25) is 14.4 Å². The maximum absolute atomic E-state index is 13.0. The standard InChI is InChI=1S/C23H18F3N3O4/c24-23(25,26)15-3-1-4-18(12-15)29-13-14(11-20(29)30)21(31)27-16-6-8-17(9-7-16)28-22(32)19-5-2-10-33-19/h1-10,12,14H,11,13H2,(H,27,31)(H,28,32). The van der Waals surface area contributed by atoms with E-state index in [4.69, 9.17) is 4.42 Å². The van der Waals surface area contributed by atoms with Crippen LogP contribution in [0.15, 0.2) is 71.3 Å². The van der Waals surface area contributed by atoms with Crippen LogP contribution in [0.3, 0.4) is 0 Å². The quantitative estimate of drug-likeness (QED) is 0.589. The minimum atomic E-state index is -4.53. The third-order valence-electron chi connectivity index (χ3n) is 5.14. The summed E-state index contributed by atoms with van der Waals surface area (Å²) in [5, 5.41) is 5.34. The van der Waals surface area contributed by atoms with Gasteiger partial charge in [0.15, 0.2) is 5.76 Å². The van der Waals surface area contributed by atoms with E-state index in [0.29, 0.717) is 11.4 Å². The van der Waals surface area contributed by atoms with Crippen LogP contribution in [-0.4, -0.2) is 24.3 Å². The van der Waals surface area contributed by atoms with Crippen molar-refractivity contribution in [3.05, 3.63) is 78.3 Å². The molecule has 0 saturated carbocycles. The molecule has 0 bridgehead atoms. The highest BCUT2D eigenvalue weighted by molar-refractivity contribution is 6.04. The molecule has 3 amide bonds. The van der Waals surface area contributed by atoms with E-state index in [1.165, 1.54) is 29.4 Å². The zero-order chi connectivity index (χ0) is 23.6. The zero-order valence-electron chi connectivity index (χ0n) is 17.1. The first kappa shape index (κ1) is 22.1. The number of halogens is 3. The molecule has 0 spiro atoms. The fraction of sp³-hybridized carbons (Fsp3) is 0.174. The number of nitrogens with one attached hydrogen (secondary N) is 2. The number of alkyl halides is 3. The molecule has 1 aliphatic rings. The van der Waals surface area contributed by atoms with Crippen molar-refractivity contribution in [3.63, 3.8) is 0 Å². The number of nitrogens with zero attached hydrogens (tertiary/aromatic N) is 1. The summed E-state index contributed by atoms with van der Waals surface area (Å²) < 4.78 is 43.9. The summed E-state index contributed by atoms with van der Waals surface area (Å²) in [7, 11) is 0. The van der Waals surface area contributed by atoms with Crippen molar-refractivity contribution in [2.24, 2.45) is 5.92 Å². The van der Waals surface area contributed by atoms with Gasteiger partial charge >= 0.3 is 6.18 Å². The average Bonchev–Trinajstić information content (AvgIpc) is 3.45. The van der Waals surface area contributed by atoms with E-state index in [2.05, 4.69) is 10.6 Å². The van der Waals surface area contributed by atoms with Crippen LogP contribution in [0.2, 0.25) is 0 Å². The molecule has 7 nitrogen and oxygen atoms in total. The van der Waals surface area contributed by atoms with Crippen LogP contribution in [0.1, 0.15) is 22.5 Å². The third kappa shape index (κ3) is 5.05. The lowest BCUT2D eigenvalue weighted by atomic mass is 10.1. The van der Waals surface area contributed by atoms with Crippen molar-refractivity contribution < 1.29 is 32.0 Å². The molecule has 33 heavy (non-hydrogen) atoms. The van der Waals surface area contributed by atoms with Crippen LogP contribution in [0.4, 0.5) is 30.2 Å². The lowest BCUT2D eigenvalue weighted by Gasteiger charge is -2.18. The van der Waals surface area contributed by atoms with E-state index >= 15 is 0 Å². The van der Waals surface area contributed by atoms with E-state index in [0.717, 1.165) is 12.1 Å². The van der Waals surface area contributed by atoms with Gasteiger partial charge in [0.05, 0.1) is 17.7 Å². The molecule has 1 unspecified atom stereocenters. The maximum Gasteiger partial charge on any atom is 0.416 e. The zero-order valence-corrected chi connectivity index (χ0v) is 17.1. The van der Waals surface area contributed by atoms with E-state index in [-0.39, 0.29) is 24.4 Å². The number of carbonyl (C=O) groups excluding carboxylic acids is 3. The molecule has 0 radical (unpaired) electrons. The topological polar surface area (TPSA) is 91.7 Å². The third-order valence-corrected chi connectivity index (χ3v) is 5.14. The SMILES string of the molecule is O=C(Nc1ccc(NC(=O)C2CC(=O)N(c3cccc(C(F)(F)F)c3)C2)cc1)c1ccco1. The Balaban J connectivity index is 1.37. The van der Waals surface area contributed by atoms with Crippen molar-refractivity contribution in [1.29, 1.82) is 0 Å². The van der Waals surface area contributed by atoms with Gasteiger partial charge < -0.3 is 20.0 Å². The van der Waals surface area contributed by atoms with Crippen molar-refractivity contribution in [1.82, 2.24) is 0 Å². The number of amides is 3. The number of anilines is 3. The van der Waals surface area contributed by atoms with Crippen LogP contribution < -0.4 is 15.5 Å². The van der Waals surface area contributed by atoms with Gasteiger partial charge in [-0.25, -0.2) is 0 Å². The van der Waals surface area contributed by atoms with E-state index in [1.807, 2.05) is 0 Å². The number of furan rings is 1. The van der Waals surface area contributed by atoms with Gasteiger partial charge in [0, 0.05) is 30.0 Å². The number of hydrogen-bond donors (Lipinski definition) is 2. The van der Waals surface area contributed by atoms with Gasteiger partial charge in [-0.2, -0.15) is 13.2 Å². The lowest BCUT2D eigenvalue weighted by molar-refractivity contribution is -0.137. The summed E-state index contributed by atoms with van der Waals surface area (Å²) in [5.74, 6) is -1.83. The first-order chi connectivity index (χ1) is 15.7. The smallest absolute Gasteiger partial charge is 0.416 e. The average molecular weight is 457 g/mol. The van der Waals surface area contributed by atoms with E-state index in [1.54, 1.807) is 30.3 Å². The molecular formula is C23H18F3N3O4. The van der Waals surface area contributed by atoms with Crippen LogP contribution in [0.25, 0.3) is 0 Å². The first-order valence-corrected chi connectivity index (χ1v) is 9.94. The van der Waals surface area contributed by atoms with Crippen molar-refractivity contribution >= 4 is 34.8 Å². The number of hydrogen-bond acceptors (Lipinski definition) is 4. The molecule has 2 heterocycles.